The van der Waals surface area contributed by atoms with Gasteiger partial charge in [-0.05, 0) is 18.6 Å². The second-order valence-electron chi connectivity index (χ2n) is 3.75. The molecule has 18 heavy (non-hydrogen) atoms. The predicted octanol–water partition coefficient (Wildman–Crippen LogP) is 0.917. The van der Waals surface area contributed by atoms with Crippen molar-refractivity contribution in [2.45, 2.75) is 13.0 Å². The maximum absolute atomic E-state index is 11.6. The van der Waals surface area contributed by atoms with Crippen LogP contribution < -0.4 is 10.6 Å². The molecule has 6 heteroatoms. The first-order valence-corrected chi connectivity index (χ1v) is 5.63. The maximum Gasteiger partial charge on any atom is 0.234 e. The summed E-state index contributed by atoms with van der Waals surface area (Å²) in [4.78, 5) is 15.6. The van der Waals surface area contributed by atoms with Gasteiger partial charge in [-0.2, -0.15) is 0 Å². The summed E-state index contributed by atoms with van der Waals surface area (Å²) >= 11 is 0. The van der Waals surface area contributed by atoms with Gasteiger partial charge in [-0.25, -0.2) is 0 Å². The van der Waals surface area contributed by atoms with Crippen LogP contribution in [0.15, 0.2) is 24.5 Å². The summed E-state index contributed by atoms with van der Waals surface area (Å²) in [5, 5.41) is 5.88. The lowest BCUT2D eigenvalue weighted by Gasteiger charge is -2.14. The Balaban J connectivity index is 0.00000289. The summed E-state index contributed by atoms with van der Waals surface area (Å²) in [6.07, 6.45) is 3.47. The normalized spacial score (nSPS) is 11.4. The van der Waals surface area contributed by atoms with Gasteiger partial charge in [0.2, 0.25) is 5.91 Å². The fraction of sp³-hybridized carbons (Fsp3) is 0.500. The van der Waals surface area contributed by atoms with Gasteiger partial charge >= 0.3 is 0 Å². The minimum Gasteiger partial charge on any atom is -0.383 e. The summed E-state index contributed by atoms with van der Waals surface area (Å²) in [6.45, 7) is 3.51. The molecule has 1 unspecified atom stereocenters. The van der Waals surface area contributed by atoms with Crippen LogP contribution in [-0.4, -0.2) is 37.7 Å². The molecule has 1 atom stereocenters. The average molecular weight is 274 g/mol. The number of carbonyl (C=O) groups is 1. The van der Waals surface area contributed by atoms with Crippen LogP contribution in [0.1, 0.15) is 18.5 Å². The van der Waals surface area contributed by atoms with Crippen molar-refractivity contribution >= 4 is 18.3 Å². The van der Waals surface area contributed by atoms with Crippen LogP contribution in [0.2, 0.25) is 0 Å². The zero-order valence-corrected chi connectivity index (χ0v) is 11.5. The quantitative estimate of drug-likeness (QED) is 0.725. The van der Waals surface area contributed by atoms with Crippen molar-refractivity contribution in [1.82, 2.24) is 15.6 Å². The van der Waals surface area contributed by atoms with E-state index in [1.54, 1.807) is 19.5 Å². The number of rotatable bonds is 7. The minimum absolute atomic E-state index is 0. The molecule has 0 radical (unpaired) electrons. The third-order valence-electron chi connectivity index (χ3n) is 2.33. The number of methoxy groups -OCH3 is 1. The molecule has 0 aliphatic heterocycles. The molecule has 1 heterocycles. The molecule has 5 nitrogen and oxygen atoms in total. The molecule has 1 amide bonds. The first-order valence-electron chi connectivity index (χ1n) is 5.63. The minimum atomic E-state index is -0.0301. The Morgan fingerprint density at radius 3 is 2.94 bits per heavy atom. The summed E-state index contributed by atoms with van der Waals surface area (Å²) in [6, 6.07) is 3.77. The number of nitrogens with one attached hydrogen (secondary N) is 2. The molecule has 1 rings (SSSR count). The summed E-state index contributed by atoms with van der Waals surface area (Å²) in [7, 11) is 1.63. The summed E-state index contributed by atoms with van der Waals surface area (Å²) in [5.74, 6) is -0.0301. The van der Waals surface area contributed by atoms with Crippen LogP contribution in [0, 0.1) is 0 Å². The van der Waals surface area contributed by atoms with Crippen LogP contribution in [0.5, 0.6) is 0 Å². The highest BCUT2D eigenvalue weighted by Gasteiger charge is 2.08. The highest BCUT2D eigenvalue weighted by molar-refractivity contribution is 5.85. The molecular formula is C12H20ClN3O2. The Hall–Kier alpha value is -1.17. The van der Waals surface area contributed by atoms with E-state index >= 15 is 0 Å². The Bertz CT molecular complexity index is 335. The molecule has 0 fully saturated rings. The summed E-state index contributed by atoms with van der Waals surface area (Å²) in [5.41, 5.74) is 0.998. The standard InChI is InChI=1S/C12H19N3O2.ClH/c1-10(11-4-3-5-13-8-11)15-12(16)9-14-6-7-17-2;/h3-5,8,10,14H,6-7,9H2,1-2H3,(H,15,16);1H. The smallest absolute Gasteiger partial charge is 0.234 e. The number of nitrogens with zero attached hydrogens (tertiary/aromatic N) is 1. The number of carbonyl (C=O) groups excluding carboxylic acids is 1. The largest absolute Gasteiger partial charge is 0.383 e. The predicted molar refractivity (Wildman–Crippen MR) is 72.8 cm³/mol. The fourth-order valence-electron chi connectivity index (χ4n) is 1.38. The Morgan fingerprint density at radius 1 is 1.56 bits per heavy atom. The van der Waals surface area contributed by atoms with Crippen LogP contribution in [-0.2, 0) is 9.53 Å². The highest BCUT2D eigenvalue weighted by atomic mass is 35.5. The summed E-state index contributed by atoms with van der Waals surface area (Å²) < 4.78 is 4.87. The zero-order chi connectivity index (χ0) is 12.5. The Kier molecular flexibility index (Phi) is 9.18. The zero-order valence-electron chi connectivity index (χ0n) is 10.7. The number of halogens is 1. The van der Waals surface area contributed by atoms with Crippen molar-refractivity contribution in [2.75, 3.05) is 26.8 Å². The molecule has 0 saturated carbocycles. The molecule has 0 spiro atoms. The molecule has 1 aromatic rings. The monoisotopic (exact) mass is 273 g/mol. The van der Waals surface area contributed by atoms with E-state index < -0.39 is 0 Å². The highest BCUT2D eigenvalue weighted by Crippen LogP contribution is 2.08. The first-order chi connectivity index (χ1) is 8.24. The first kappa shape index (κ1) is 16.8. The van der Waals surface area contributed by atoms with E-state index in [1.165, 1.54) is 0 Å². The molecular weight excluding hydrogens is 254 g/mol. The molecule has 102 valence electrons. The van der Waals surface area contributed by atoms with Gasteiger partial charge in [0.1, 0.15) is 0 Å². The Morgan fingerprint density at radius 2 is 2.33 bits per heavy atom. The lowest BCUT2D eigenvalue weighted by Crippen LogP contribution is -2.36. The van der Waals surface area contributed by atoms with Crippen LogP contribution in [0.4, 0.5) is 0 Å². The van der Waals surface area contributed by atoms with Crippen LogP contribution in [0.3, 0.4) is 0 Å². The molecule has 1 aromatic heterocycles. The van der Waals surface area contributed by atoms with E-state index in [0.717, 1.165) is 5.56 Å². The van der Waals surface area contributed by atoms with Gasteiger partial charge in [-0.3, -0.25) is 9.78 Å². The molecule has 2 N–H and O–H groups in total. The molecule has 0 saturated heterocycles. The molecule has 0 aliphatic rings. The van der Waals surface area contributed by atoms with Crippen molar-refractivity contribution in [2.24, 2.45) is 0 Å². The number of hydrogen-bond acceptors (Lipinski definition) is 4. The van der Waals surface area contributed by atoms with E-state index in [-0.39, 0.29) is 24.4 Å². The van der Waals surface area contributed by atoms with E-state index in [4.69, 9.17) is 4.74 Å². The van der Waals surface area contributed by atoms with Crippen molar-refractivity contribution in [1.29, 1.82) is 0 Å². The number of aromatic nitrogens is 1. The van der Waals surface area contributed by atoms with Gasteiger partial charge in [0.05, 0.1) is 19.2 Å². The van der Waals surface area contributed by atoms with Crippen LogP contribution >= 0.6 is 12.4 Å². The average Bonchev–Trinajstić information content (AvgIpc) is 2.36. The molecule has 0 bridgehead atoms. The SMILES string of the molecule is COCCNCC(=O)NC(C)c1cccnc1.Cl. The van der Waals surface area contributed by atoms with Crippen molar-refractivity contribution < 1.29 is 9.53 Å². The number of amides is 1. The number of hydrogen-bond donors (Lipinski definition) is 2. The maximum atomic E-state index is 11.6. The van der Waals surface area contributed by atoms with E-state index in [1.807, 2.05) is 19.1 Å². The van der Waals surface area contributed by atoms with E-state index in [0.29, 0.717) is 19.7 Å². The lowest BCUT2D eigenvalue weighted by atomic mass is 10.1. The number of ether oxygens (including phenoxy) is 1. The van der Waals surface area contributed by atoms with Crippen molar-refractivity contribution in [3.05, 3.63) is 30.1 Å². The van der Waals surface area contributed by atoms with Crippen LogP contribution in [0.25, 0.3) is 0 Å². The van der Waals surface area contributed by atoms with Gasteiger partial charge in [0.15, 0.2) is 0 Å². The molecule has 0 aromatic carbocycles. The van der Waals surface area contributed by atoms with Gasteiger partial charge in [0, 0.05) is 26.0 Å². The second-order valence-corrected chi connectivity index (χ2v) is 3.75. The van der Waals surface area contributed by atoms with Crippen molar-refractivity contribution in [3.63, 3.8) is 0 Å². The van der Waals surface area contributed by atoms with Gasteiger partial charge in [-0.1, -0.05) is 6.07 Å². The lowest BCUT2D eigenvalue weighted by molar-refractivity contribution is -0.120. The van der Waals surface area contributed by atoms with E-state index in [2.05, 4.69) is 15.6 Å². The third-order valence-corrected chi connectivity index (χ3v) is 2.33. The topological polar surface area (TPSA) is 63.2 Å². The second kappa shape index (κ2) is 9.82. The number of pyridine rings is 1. The van der Waals surface area contributed by atoms with E-state index in [9.17, 15) is 4.79 Å². The molecule has 0 aliphatic carbocycles. The van der Waals surface area contributed by atoms with Gasteiger partial charge in [0.25, 0.3) is 0 Å². The van der Waals surface area contributed by atoms with Gasteiger partial charge in [-0.15, -0.1) is 12.4 Å². The van der Waals surface area contributed by atoms with Crippen molar-refractivity contribution in [3.8, 4) is 0 Å². The van der Waals surface area contributed by atoms with Gasteiger partial charge < -0.3 is 15.4 Å². The fourth-order valence-corrected chi connectivity index (χ4v) is 1.38. The Labute approximate surface area is 114 Å². The third kappa shape index (κ3) is 6.54.